The summed E-state index contributed by atoms with van der Waals surface area (Å²) in [5, 5.41) is 12.0. The molecule has 0 radical (unpaired) electrons. The molecule has 2 heterocycles. The summed E-state index contributed by atoms with van der Waals surface area (Å²) in [6.45, 7) is 8.27. The van der Waals surface area contributed by atoms with Gasteiger partial charge in [0.25, 0.3) is 0 Å². The Bertz CT molecular complexity index is 1830. The minimum atomic E-state index is -0.962. The van der Waals surface area contributed by atoms with Gasteiger partial charge in [0.05, 0.1) is 46.9 Å². The summed E-state index contributed by atoms with van der Waals surface area (Å²) in [6.07, 6.45) is 0.686. The van der Waals surface area contributed by atoms with Crippen molar-refractivity contribution in [2.75, 3.05) is 34.0 Å². The van der Waals surface area contributed by atoms with Crippen molar-refractivity contribution in [2.24, 2.45) is 5.92 Å². The van der Waals surface area contributed by atoms with Crippen molar-refractivity contribution >= 4 is 46.7 Å². The van der Waals surface area contributed by atoms with Crippen molar-refractivity contribution in [3.63, 3.8) is 0 Å². The van der Waals surface area contributed by atoms with Gasteiger partial charge >= 0.3 is 18.1 Å². The topological polar surface area (TPSA) is 170 Å². The van der Waals surface area contributed by atoms with Gasteiger partial charge in [-0.05, 0) is 29.9 Å². The number of alkyl carbamates (subject to hydrolysis) is 1. The smallest absolute Gasteiger partial charge is 0.407 e. The lowest BCUT2D eigenvalue weighted by Gasteiger charge is -2.32. The molecule has 58 heavy (non-hydrogen) atoms. The van der Waals surface area contributed by atoms with E-state index in [1.807, 2.05) is 79.9 Å². The van der Waals surface area contributed by atoms with Crippen LogP contribution >= 0.6 is 22.7 Å². The van der Waals surface area contributed by atoms with E-state index in [0.29, 0.717) is 13.0 Å². The van der Waals surface area contributed by atoms with E-state index in [-0.39, 0.29) is 51.0 Å². The first-order chi connectivity index (χ1) is 27.9. The van der Waals surface area contributed by atoms with Crippen LogP contribution in [0.5, 0.6) is 0 Å². The van der Waals surface area contributed by atoms with Gasteiger partial charge in [0.2, 0.25) is 5.91 Å². The van der Waals surface area contributed by atoms with E-state index in [1.165, 1.54) is 23.3 Å². The number of esters is 1. The molecule has 0 saturated carbocycles. The zero-order chi connectivity index (χ0) is 41.9. The molecule has 314 valence electrons. The van der Waals surface area contributed by atoms with E-state index in [9.17, 15) is 19.2 Å². The van der Waals surface area contributed by atoms with Gasteiger partial charge in [0, 0.05) is 44.1 Å². The van der Waals surface area contributed by atoms with Crippen molar-refractivity contribution in [1.82, 2.24) is 30.8 Å². The summed E-state index contributed by atoms with van der Waals surface area (Å²) in [5.74, 6) is -1.06. The lowest BCUT2D eigenvalue weighted by Crippen LogP contribution is -2.56. The maximum Gasteiger partial charge on any atom is 0.407 e. The molecule has 4 aromatic rings. The van der Waals surface area contributed by atoms with Crippen LogP contribution in [0.3, 0.4) is 0 Å². The SMILES string of the molecule is COCCOCC(=O)OC(CC(Cc1ccccc1)NC(=O)C(NC(=O)N(C)Cc1csc(C(C)C)n1)C(C)C)C(Cc1ccccc1)NC(=O)OCc1cncs1. The molecule has 4 rings (SSSR count). The van der Waals surface area contributed by atoms with Gasteiger partial charge in [-0.1, -0.05) is 88.4 Å². The van der Waals surface area contributed by atoms with Crippen molar-refractivity contribution in [3.8, 4) is 0 Å². The van der Waals surface area contributed by atoms with Crippen LogP contribution in [0.15, 0.2) is 77.8 Å². The molecular weight excluding hydrogens is 781 g/mol. The Morgan fingerprint density at radius 2 is 1.55 bits per heavy atom. The van der Waals surface area contributed by atoms with Crippen LogP contribution in [0, 0.1) is 5.92 Å². The van der Waals surface area contributed by atoms with E-state index in [4.69, 9.17) is 18.9 Å². The number of carbonyl (C=O) groups excluding carboxylic acids is 4. The van der Waals surface area contributed by atoms with Crippen LogP contribution in [0.1, 0.15) is 66.7 Å². The summed E-state index contributed by atoms with van der Waals surface area (Å²) in [4.78, 5) is 65.4. The number of nitrogens with zero attached hydrogens (tertiary/aromatic N) is 3. The first-order valence-electron chi connectivity index (χ1n) is 19.3. The number of carbonyl (C=O) groups is 4. The second-order valence-corrected chi connectivity index (χ2v) is 16.4. The third kappa shape index (κ3) is 15.8. The van der Waals surface area contributed by atoms with Gasteiger partial charge in [-0.25, -0.2) is 19.4 Å². The molecule has 0 aliphatic carbocycles. The average molecular weight is 837 g/mol. The molecule has 0 aliphatic rings. The first-order valence-corrected chi connectivity index (χ1v) is 21.1. The molecule has 4 amide bonds. The largest absolute Gasteiger partial charge is 0.458 e. The highest BCUT2D eigenvalue weighted by molar-refractivity contribution is 7.09. The predicted octanol–water partition coefficient (Wildman–Crippen LogP) is 6.12. The number of thiazole rings is 2. The van der Waals surface area contributed by atoms with Crippen molar-refractivity contribution in [3.05, 3.63) is 104 Å². The molecule has 14 nitrogen and oxygen atoms in total. The van der Waals surface area contributed by atoms with Gasteiger partial charge in [0.15, 0.2) is 0 Å². The second kappa shape index (κ2) is 24.1. The van der Waals surface area contributed by atoms with Gasteiger partial charge < -0.3 is 39.8 Å². The van der Waals surface area contributed by atoms with E-state index >= 15 is 0 Å². The lowest BCUT2D eigenvalue weighted by molar-refractivity contribution is -0.157. The molecule has 2 aromatic heterocycles. The highest BCUT2D eigenvalue weighted by Crippen LogP contribution is 2.21. The van der Waals surface area contributed by atoms with Gasteiger partial charge in [-0.15, -0.1) is 22.7 Å². The molecule has 0 saturated heterocycles. The van der Waals surface area contributed by atoms with E-state index in [2.05, 4.69) is 39.8 Å². The Kier molecular flexibility index (Phi) is 19.0. The van der Waals surface area contributed by atoms with Crippen LogP contribution in [-0.2, 0) is 54.5 Å². The third-order valence-electron chi connectivity index (χ3n) is 9.04. The summed E-state index contributed by atoms with van der Waals surface area (Å²) in [5.41, 5.74) is 4.22. The summed E-state index contributed by atoms with van der Waals surface area (Å²) in [7, 11) is 3.20. The predicted molar refractivity (Wildman–Crippen MR) is 223 cm³/mol. The molecule has 0 spiro atoms. The lowest BCUT2D eigenvalue weighted by atomic mass is 9.92. The summed E-state index contributed by atoms with van der Waals surface area (Å²) >= 11 is 2.91. The van der Waals surface area contributed by atoms with E-state index in [1.54, 1.807) is 30.1 Å². The zero-order valence-corrected chi connectivity index (χ0v) is 35.7. The van der Waals surface area contributed by atoms with Gasteiger partial charge in [-0.3, -0.25) is 9.78 Å². The summed E-state index contributed by atoms with van der Waals surface area (Å²) < 4.78 is 22.2. The Hall–Kier alpha value is -4.90. The molecular formula is C42H56N6O8S2. The average Bonchev–Trinajstić information content (AvgIpc) is 3.91. The standard InChI is InChI=1S/C42H56N6O8S2/c1-28(2)38(47-41(51)48(5)23-33-26-57-40(45-33)29(3)4)39(50)44-32(19-30-13-9-7-10-14-30)21-36(56-37(49)25-54-18-17-53-6)35(20-31-15-11-8-12-16-31)46-42(52)55-24-34-22-43-27-58-34/h7-16,22,26-29,32,35-36,38H,17-21,23-25H2,1-6H3,(H,44,50)(H,46,52)(H,47,51). The number of ether oxygens (including phenoxy) is 4. The van der Waals surface area contributed by atoms with E-state index in [0.717, 1.165) is 26.7 Å². The maximum absolute atomic E-state index is 14.2. The van der Waals surface area contributed by atoms with Crippen LogP contribution in [0.2, 0.25) is 0 Å². The molecule has 16 heteroatoms. The number of rotatable bonds is 23. The number of amides is 4. The molecule has 4 atom stereocenters. The highest BCUT2D eigenvalue weighted by atomic mass is 32.1. The van der Waals surface area contributed by atoms with Crippen LogP contribution in [0.4, 0.5) is 9.59 Å². The minimum absolute atomic E-state index is 0.0132. The Labute approximate surface area is 349 Å². The zero-order valence-electron chi connectivity index (χ0n) is 34.1. The fourth-order valence-electron chi connectivity index (χ4n) is 6.00. The number of nitrogens with one attached hydrogen (secondary N) is 3. The number of urea groups is 1. The monoisotopic (exact) mass is 836 g/mol. The normalized spacial score (nSPS) is 13.3. The second-order valence-electron chi connectivity index (χ2n) is 14.5. The Morgan fingerprint density at radius 3 is 2.16 bits per heavy atom. The fourth-order valence-corrected chi connectivity index (χ4v) is 7.33. The third-order valence-corrected chi connectivity index (χ3v) is 11.0. The molecule has 2 aromatic carbocycles. The van der Waals surface area contributed by atoms with E-state index < -0.39 is 48.2 Å². The van der Waals surface area contributed by atoms with Crippen molar-refractivity contribution < 1.29 is 38.1 Å². The Balaban J connectivity index is 1.60. The number of methoxy groups -OCH3 is 1. The molecule has 0 fully saturated rings. The minimum Gasteiger partial charge on any atom is -0.458 e. The fraction of sp³-hybridized carbons (Fsp3) is 0.476. The molecule has 4 unspecified atom stereocenters. The summed E-state index contributed by atoms with van der Waals surface area (Å²) in [6, 6.07) is 16.4. The van der Waals surface area contributed by atoms with Crippen molar-refractivity contribution in [1.29, 1.82) is 0 Å². The molecule has 0 bridgehead atoms. The molecule has 0 aliphatic heterocycles. The van der Waals surface area contributed by atoms with Gasteiger partial charge in [0.1, 0.15) is 25.4 Å². The Morgan fingerprint density at radius 1 is 0.862 bits per heavy atom. The molecule has 3 N–H and O–H groups in total. The van der Waals surface area contributed by atoms with Crippen molar-refractivity contribution in [2.45, 2.75) is 90.3 Å². The quantitative estimate of drug-likeness (QED) is 0.0585. The van der Waals surface area contributed by atoms with Crippen LogP contribution < -0.4 is 16.0 Å². The van der Waals surface area contributed by atoms with Crippen LogP contribution in [-0.4, -0.2) is 97.1 Å². The first kappa shape index (κ1) is 45.8. The number of hydrogen-bond donors (Lipinski definition) is 3. The maximum atomic E-state index is 14.2. The van der Waals surface area contributed by atoms with Gasteiger partial charge in [-0.2, -0.15) is 0 Å². The number of aromatic nitrogens is 2. The number of hydrogen-bond acceptors (Lipinski definition) is 12. The number of benzene rings is 2. The van der Waals surface area contributed by atoms with Crippen LogP contribution in [0.25, 0.3) is 0 Å². The highest BCUT2D eigenvalue weighted by Gasteiger charge is 2.34.